The summed E-state index contributed by atoms with van der Waals surface area (Å²) in [6.07, 6.45) is 8.42. The molecule has 0 aromatic rings. The number of rotatable bonds is 6. The van der Waals surface area contributed by atoms with Gasteiger partial charge in [-0.15, -0.1) is 0 Å². The standard InChI is InChI=1S/C12H28N4/c13-9-3-1-2-4-11(15)12(16)7-5-10(14)6-8-12/h10-11H,1-9,13-16H2. The van der Waals surface area contributed by atoms with Gasteiger partial charge in [-0.25, -0.2) is 0 Å². The Hall–Kier alpha value is -0.160. The van der Waals surface area contributed by atoms with Gasteiger partial charge in [-0.05, 0) is 45.1 Å². The first-order valence-corrected chi connectivity index (χ1v) is 6.58. The third-order valence-corrected chi connectivity index (χ3v) is 3.92. The van der Waals surface area contributed by atoms with Crippen molar-refractivity contribution in [2.75, 3.05) is 6.54 Å². The Morgan fingerprint density at radius 3 is 2.31 bits per heavy atom. The van der Waals surface area contributed by atoms with Crippen molar-refractivity contribution in [3.05, 3.63) is 0 Å². The third-order valence-electron chi connectivity index (χ3n) is 3.92. The zero-order valence-electron chi connectivity index (χ0n) is 10.3. The highest BCUT2D eigenvalue weighted by Crippen LogP contribution is 2.29. The zero-order chi connectivity index (χ0) is 12.0. The van der Waals surface area contributed by atoms with E-state index in [9.17, 15) is 0 Å². The van der Waals surface area contributed by atoms with Crippen molar-refractivity contribution in [1.82, 2.24) is 0 Å². The average Bonchev–Trinajstić information content (AvgIpc) is 2.28. The summed E-state index contributed by atoms with van der Waals surface area (Å²) in [7, 11) is 0. The molecule has 0 bridgehead atoms. The van der Waals surface area contributed by atoms with Crippen LogP contribution in [0.2, 0.25) is 0 Å². The normalized spacial score (nSPS) is 32.6. The minimum absolute atomic E-state index is 0.123. The van der Waals surface area contributed by atoms with E-state index in [2.05, 4.69) is 0 Å². The molecular weight excluding hydrogens is 200 g/mol. The van der Waals surface area contributed by atoms with Gasteiger partial charge in [0.05, 0.1) is 0 Å². The second-order valence-electron chi connectivity index (χ2n) is 5.32. The van der Waals surface area contributed by atoms with E-state index >= 15 is 0 Å². The lowest BCUT2D eigenvalue weighted by Crippen LogP contribution is -2.58. The predicted octanol–water partition coefficient (Wildman–Crippen LogP) is 0.432. The Balaban J connectivity index is 2.26. The molecule has 1 atom stereocenters. The topological polar surface area (TPSA) is 104 Å². The molecule has 0 aliphatic heterocycles. The van der Waals surface area contributed by atoms with Crippen LogP contribution < -0.4 is 22.9 Å². The molecule has 0 radical (unpaired) electrons. The van der Waals surface area contributed by atoms with E-state index in [-0.39, 0.29) is 11.6 Å². The maximum absolute atomic E-state index is 6.37. The largest absolute Gasteiger partial charge is 0.330 e. The van der Waals surface area contributed by atoms with Gasteiger partial charge in [-0.2, -0.15) is 0 Å². The van der Waals surface area contributed by atoms with Crippen molar-refractivity contribution < 1.29 is 0 Å². The van der Waals surface area contributed by atoms with Gasteiger partial charge in [0.2, 0.25) is 0 Å². The predicted molar refractivity (Wildman–Crippen MR) is 68.9 cm³/mol. The van der Waals surface area contributed by atoms with E-state index in [1.807, 2.05) is 0 Å². The molecule has 1 fully saturated rings. The highest BCUT2D eigenvalue weighted by molar-refractivity contribution is 4.98. The van der Waals surface area contributed by atoms with Crippen molar-refractivity contribution in [2.24, 2.45) is 22.9 Å². The molecule has 0 aromatic heterocycles. The lowest BCUT2D eigenvalue weighted by atomic mass is 9.74. The van der Waals surface area contributed by atoms with Crippen LogP contribution in [-0.2, 0) is 0 Å². The summed E-state index contributed by atoms with van der Waals surface area (Å²) < 4.78 is 0. The monoisotopic (exact) mass is 228 g/mol. The first-order chi connectivity index (χ1) is 7.58. The molecule has 1 aliphatic rings. The maximum atomic E-state index is 6.37. The Morgan fingerprint density at radius 1 is 1.12 bits per heavy atom. The molecule has 4 heteroatoms. The zero-order valence-corrected chi connectivity index (χ0v) is 10.3. The minimum atomic E-state index is -0.168. The molecule has 8 N–H and O–H groups in total. The van der Waals surface area contributed by atoms with E-state index in [4.69, 9.17) is 22.9 Å². The summed E-state index contributed by atoms with van der Waals surface area (Å²) in [5.74, 6) is 0. The van der Waals surface area contributed by atoms with Gasteiger partial charge in [0.15, 0.2) is 0 Å². The number of hydrogen-bond donors (Lipinski definition) is 4. The Kier molecular flexibility index (Phi) is 5.69. The first kappa shape index (κ1) is 13.9. The van der Waals surface area contributed by atoms with Crippen LogP contribution in [-0.4, -0.2) is 24.2 Å². The Labute approximate surface area is 99.1 Å². The molecule has 1 rings (SSSR count). The van der Waals surface area contributed by atoms with Gasteiger partial charge in [0.1, 0.15) is 0 Å². The molecule has 1 unspecified atom stereocenters. The van der Waals surface area contributed by atoms with Crippen LogP contribution in [0.25, 0.3) is 0 Å². The number of unbranched alkanes of at least 4 members (excludes halogenated alkanes) is 2. The van der Waals surface area contributed by atoms with Crippen LogP contribution in [0.3, 0.4) is 0 Å². The molecule has 0 saturated heterocycles. The highest BCUT2D eigenvalue weighted by Gasteiger charge is 2.35. The van der Waals surface area contributed by atoms with Crippen molar-refractivity contribution in [3.8, 4) is 0 Å². The van der Waals surface area contributed by atoms with Crippen LogP contribution in [0.15, 0.2) is 0 Å². The molecule has 96 valence electrons. The molecule has 0 heterocycles. The second-order valence-corrected chi connectivity index (χ2v) is 5.32. The Morgan fingerprint density at radius 2 is 1.75 bits per heavy atom. The summed E-state index contributed by atoms with van der Waals surface area (Å²) in [4.78, 5) is 0. The fourth-order valence-electron chi connectivity index (χ4n) is 2.52. The Bertz CT molecular complexity index is 187. The van der Waals surface area contributed by atoms with Crippen molar-refractivity contribution in [3.63, 3.8) is 0 Å². The SMILES string of the molecule is NCCCCCC(N)C1(N)CCC(N)CC1. The van der Waals surface area contributed by atoms with Gasteiger partial charge in [0, 0.05) is 17.6 Å². The lowest BCUT2D eigenvalue weighted by molar-refractivity contribution is 0.221. The fraction of sp³-hybridized carbons (Fsp3) is 1.00. The van der Waals surface area contributed by atoms with E-state index in [1.165, 1.54) is 6.42 Å². The lowest BCUT2D eigenvalue weighted by Gasteiger charge is -2.40. The molecular formula is C12H28N4. The maximum Gasteiger partial charge on any atom is 0.0308 e. The molecule has 16 heavy (non-hydrogen) atoms. The number of nitrogens with two attached hydrogens (primary N) is 4. The van der Waals surface area contributed by atoms with Crippen LogP contribution >= 0.6 is 0 Å². The molecule has 0 amide bonds. The molecule has 0 spiro atoms. The van der Waals surface area contributed by atoms with Crippen LogP contribution in [0.5, 0.6) is 0 Å². The molecule has 1 aliphatic carbocycles. The van der Waals surface area contributed by atoms with Crippen LogP contribution in [0.4, 0.5) is 0 Å². The van der Waals surface area contributed by atoms with Crippen molar-refractivity contribution in [1.29, 1.82) is 0 Å². The molecule has 4 nitrogen and oxygen atoms in total. The van der Waals surface area contributed by atoms with Gasteiger partial charge in [0.25, 0.3) is 0 Å². The van der Waals surface area contributed by atoms with E-state index in [0.29, 0.717) is 6.04 Å². The van der Waals surface area contributed by atoms with Crippen LogP contribution in [0, 0.1) is 0 Å². The summed E-state index contributed by atoms with van der Waals surface area (Å²) in [6.45, 7) is 0.776. The van der Waals surface area contributed by atoms with Gasteiger partial charge in [-0.3, -0.25) is 0 Å². The third kappa shape index (κ3) is 4.01. The summed E-state index contributed by atoms with van der Waals surface area (Å²) in [5.41, 5.74) is 23.8. The summed E-state index contributed by atoms with van der Waals surface area (Å²) in [5, 5.41) is 0. The smallest absolute Gasteiger partial charge is 0.0308 e. The van der Waals surface area contributed by atoms with E-state index in [0.717, 1.165) is 51.5 Å². The molecule has 1 saturated carbocycles. The number of hydrogen-bond acceptors (Lipinski definition) is 4. The van der Waals surface area contributed by atoms with E-state index in [1.54, 1.807) is 0 Å². The van der Waals surface area contributed by atoms with Gasteiger partial charge < -0.3 is 22.9 Å². The van der Waals surface area contributed by atoms with Gasteiger partial charge in [-0.1, -0.05) is 12.8 Å². The average molecular weight is 228 g/mol. The molecule has 0 aromatic carbocycles. The quantitative estimate of drug-likeness (QED) is 0.495. The van der Waals surface area contributed by atoms with Crippen LogP contribution in [0.1, 0.15) is 51.4 Å². The van der Waals surface area contributed by atoms with Crippen molar-refractivity contribution in [2.45, 2.75) is 69.0 Å². The minimum Gasteiger partial charge on any atom is -0.330 e. The van der Waals surface area contributed by atoms with Crippen molar-refractivity contribution >= 4 is 0 Å². The fourth-order valence-corrected chi connectivity index (χ4v) is 2.52. The van der Waals surface area contributed by atoms with E-state index < -0.39 is 0 Å². The second kappa shape index (κ2) is 6.55. The highest BCUT2D eigenvalue weighted by atomic mass is 14.9. The summed E-state index contributed by atoms with van der Waals surface area (Å²) >= 11 is 0. The summed E-state index contributed by atoms with van der Waals surface area (Å²) in [6, 6.07) is 0.457. The first-order valence-electron chi connectivity index (χ1n) is 6.58. The van der Waals surface area contributed by atoms with Gasteiger partial charge >= 0.3 is 0 Å².